The monoisotopic (exact) mass is 247 g/mol. The van der Waals surface area contributed by atoms with Gasteiger partial charge >= 0.3 is 0 Å². The lowest BCUT2D eigenvalue weighted by Gasteiger charge is -2.31. The van der Waals surface area contributed by atoms with E-state index in [1.54, 1.807) is 0 Å². The van der Waals surface area contributed by atoms with Crippen LogP contribution in [0.15, 0.2) is 66.7 Å². The summed E-state index contributed by atoms with van der Waals surface area (Å²) in [7, 11) is 0. The van der Waals surface area contributed by atoms with Crippen molar-refractivity contribution < 1.29 is 4.74 Å². The maximum Gasteiger partial charge on any atom is 0.165 e. The molecule has 0 radical (unpaired) electrons. The summed E-state index contributed by atoms with van der Waals surface area (Å²) >= 11 is 0. The zero-order chi connectivity index (χ0) is 12.7. The molecule has 0 amide bonds. The van der Waals surface area contributed by atoms with Crippen molar-refractivity contribution in [1.29, 1.82) is 0 Å². The molecule has 0 spiro atoms. The predicted molar refractivity (Wildman–Crippen MR) is 78.0 cm³/mol. The first-order valence-corrected chi connectivity index (χ1v) is 6.40. The van der Waals surface area contributed by atoms with Crippen LogP contribution in [0.4, 0.5) is 11.4 Å². The van der Waals surface area contributed by atoms with E-state index < -0.39 is 0 Å². The van der Waals surface area contributed by atoms with Crippen molar-refractivity contribution in [2.75, 3.05) is 11.6 Å². The Morgan fingerprint density at radius 3 is 2.42 bits per heavy atom. The first-order chi connectivity index (χ1) is 9.43. The Morgan fingerprint density at radius 2 is 1.58 bits per heavy atom. The van der Waals surface area contributed by atoms with Crippen molar-refractivity contribution in [3.63, 3.8) is 0 Å². The van der Waals surface area contributed by atoms with Gasteiger partial charge in [-0.05, 0) is 29.7 Å². The van der Waals surface area contributed by atoms with E-state index in [1.165, 1.54) is 16.5 Å². The number of nitrogens with zero attached hydrogens (tertiary/aromatic N) is 1. The summed E-state index contributed by atoms with van der Waals surface area (Å²) in [6, 6.07) is 22.9. The van der Waals surface area contributed by atoms with Gasteiger partial charge in [0.1, 0.15) is 5.75 Å². The first kappa shape index (κ1) is 10.4. The second kappa shape index (κ2) is 4.02. The van der Waals surface area contributed by atoms with Crippen molar-refractivity contribution in [2.24, 2.45) is 0 Å². The second-order valence-corrected chi connectivity index (χ2v) is 4.67. The molecule has 0 atom stereocenters. The fourth-order valence-electron chi connectivity index (χ4n) is 2.66. The number of para-hydroxylation sites is 1. The van der Waals surface area contributed by atoms with Crippen molar-refractivity contribution in [1.82, 2.24) is 0 Å². The third-order valence-corrected chi connectivity index (χ3v) is 3.55. The number of rotatable bonds is 1. The number of benzene rings is 3. The fraction of sp³-hybridized carbons (Fsp3) is 0.0588. The fourth-order valence-corrected chi connectivity index (χ4v) is 2.66. The average Bonchev–Trinajstić information content (AvgIpc) is 2.49. The number of ether oxygens (including phenoxy) is 1. The van der Waals surface area contributed by atoms with Crippen LogP contribution in [0.2, 0.25) is 0 Å². The van der Waals surface area contributed by atoms with E-state index in [2.05, 4.69) is 53.4 Å². The van der Waals surface area contributed by atoms with Gasteiger partial charge in [0.05, 0.1) is 5.69 Å². The maximum absolute atomic E-state index is 5.89. The molecule has 0 fully saturated rings. The van der Waals surface area contributed by atoms with E-state index in [9.17, 15) is 0 Å². The lowest BCUT2D eigenvalue weighted by atomic mass is 10.1. The largest absolute Gasteiger partial charge is 0.472 e. The molecule has 0 saturated heterocycles. The molecule has 0 aromatic heterocycles. The summed E-state index contributed by atoms with van der Waals surface area (Å²) in [6.45, 7) is 0.556. The molecule has 2 nitrogen and oxygen atoms in total. The molecule has 1 aliphatic heterocycles. The van der Waals surface area contributed by atoms with E-state index in [4.69, 9.17) is 4.74 Å². The Balaban J connectivity index is 1.98. The van der Waals surface area contributed by atoms with Crippen molar-refractivity contribution >= 4 is 22.1 Å². The molecule has 0 saturated carbocycles. The van der Waals surface area contributed by atoms with E-state index in [-0.39, 0.29) is 0 Å². The Morgan fingerprint density at radius 1 is 0.789 bits per heavy atom. The van der Waals surface area contributed by atoms with Gasteiger partial charge in [-0.2, -0.15) is 0 Å². The normalized spacial score (nSPS) is 13.4. The molecular weight excluding hydrogens is 234 g/mol. The van der Waals surface area contributed by atoms with Crippen LogP contribution < -0.4 is 9.64 Å². The standard InChI is InChI=1S/C17H13NO/c1-2-8-14(9-3-1)18-12-19-16-11-5-7-13-6-4-10-15(18)17(13)16/h1-11H,12H2. The Kier molecular flexibility index (Phi) is 2.21. The van der Waals surface area contributed by atoms with Gasteiger partial charge in [-0.15, -0.1) is 0 Å². The summed E-state index contributed by atoms with van der Waals surface area (Å²) in [6.07, 6.45) is 0. The summed E-state index contributed by atoms with van der Waals surface area (Å²) < 4.78 is 5.89. The van der Waals surface area contributed by atoms with Gasteiger partial charge in [-0.1, -0.05) is 42.5 Å². The summed E-state index contributed by atoms with van der Waals surface area (Å²) in [5, 5.41) is 2.41. The van der Waals surface area contributed by atoms with Crippen LogP contribution in [0.5, 0.6) is 5.75 Å². The van der Waals surface area contributed by atoms with Crippen LogP contribution in [0, 0.1) is 0 Å². The molecule has 4 rings (SSSR count). The van der Waals surface area contributed by atoms with Gasteiger partial charge in [0.25, 0.3) is 0 Å². The summed E-state index contributed by atoms with van der Waals surface area (Å²) in [5.74, 6) is 0.972. The predicted octanol–water partition coefficient (Wildman–Crippen LogP) is 4.33. The van der Waals surface area contributed by atoms with Gasteiger partial charge in [-0.3, -0.25) is 0 Å². The van der Waals surface area contributed by atoms with E-state index in [1.807, 2.05) is 18.2 Å². The Labute approximate surface area is 111 Å². The minimum Gasteiger partial charge on any atom is -0.472 e. The van der Waals surface area contributed by atoms with Crippen LogP contribution in [-0.4, -0.2) is 6.73 Å². The van der Waals surface area contributed by atoms with Crippen LogP contribution >= 0.6 is 0 Å². The van der Waals surface area contributed by atoms with Crippen molar-refractivity contribution in [3.05, 3.63) is 66.7 Å². The highest BCUT2D eigenvalue weighted by Gasteiger charge is 2.20. The van der Waals surface area contributed by atoms with Crippen molar-refractivity contribution in [2.45, 2.75) is 0 Å². The lowest BCUT2D eigenvalue weighted by Crippen LogP contribution is -2.26. The number of hydrogen-bond acceptors (Lipinski definition) is 2. The number of anilines is 2. The Bertz CT molecular complexity index is 731. The highest BCUT2D eigenvalue weighted by molar-refractivity contribution is 6.01. The third kappa shape index (κ3) is 1.57. The molecule has 0 aliphatic carbocycles. The lowest BCUT2D eigenvalue weighted by molar-refractivity contribution is 0.324. The highest BCUT2D eigenvalue weighted by Crippen LogP contribution is 2.40. The molecular formula is C17H13NO. The second-order valence-electron chi connectivity index (χ2n) is 4.67. The van der Waals surface area contributed by atoms with Gasteiger partial charge in [0.2, 0.25) is 0 Å². The molecule has 1 heterocycles. The smallest absolute Gasteiger partial charge is 0.165 e. The van der Waals surface area contributed by atoms with Gasteiger partial charge in [0.15, 0.2) is 6.73 Å². The van der Waals surface area contributed by atoms with Gasteiger partial charge < -0.3 is 9.64 Å². The minimum absolute atomic E-state index is 0.556. The molecule has 0 bridgehead atoms. The molecule has 0 unspecified atom stereocenters. The van der Waals surface area contributed by atoms with Crippen LogP contribution in [0.25, 0.3) is 10.8 Å². The summed E-state index contributed by atoms with van der Waals surface area (Å²) in [4.78, 5) is 2.20. The maximum atomic E-state index is 5.89. The molecule has 3 aromatic rings. The average molecular weight is 247 g/mol. The van der Waals surface area contributed by atoms with Crippen LogP contribution in [-0.2, 0) is 0 Å². The SMILES string of the molecule is c1ccc(N2COc3cccc4cccc2c34)cc1. The molecule has 92 valence electrons. The zero-order valence-corrected chi connectivity index (χ0v) is 10.4. The number of hydrogen-bond donors (Lipinski definition) is 0. The molecule has 0 N–H and O–H groups in total. The van der Waals surface area contributed by atoms with Gasteiger partial charge in [0, 0.05) is 11.1 Å². The van der Waals surface area contributed by atoms with Gasteiger partial charge in [-0.25, -0.2) is 0 Å². The van der Waals surface area contributed by atoms with Crippen LogP contribution in [0.1, 0.15) is 0 Å². The molecule has 1 aliphatic rings. The molecule has 2 heteroatoms. The highest BCUT2D eigenvalue weighted by atomic mass is 16.5. The van der Waals surface area contributed by atoms with E-state index in [0.717, 1.165) is 11.4 Å². The van der Waals surface area contributed by atoms with Crippen LogP contribution in [0.3, 0.4) is 0 Å². The Hall–Kier alpha value is -2.48. The zero-order valence-electron chi connectivity index (χ0n) is 10.4. The molecule has 19 heavy (non-hydrogen) atoms. The third-order valence-electron chi connectivity index (χ3n) is 3.55. The molecule has 3 aromatic carbocycles. The van der Waals surface area contributed by atoms with Crippen molar-refractivity contribution in [3.8, 4) is 5.75 Å². The minimum atomic E-state index is 0.556. The van der Waals surface area contributed by atoms with E-state index in [0.29, 0.717) is 6.73 Å². The topological polar surface area (TPSA) is 12.5 Å². The first-order valence-electron chi connectivity index (χ1n) is 6.40. The van der Waals surface area contributed by atoms with E-state index >= 15 is 0 Å². The quantitative estimate of drug-likeness (QED) is 0.634. The summed E-state index contributed by atoms with van der Waals surface area (Å²) in [5.41, 5.74) is 2.37.